The van der Waals surface area contributed by atoms with E-state index in [9.17, 15) is 4.79 Å². The van der Waals surface area contributed by atoms with Gasteiger partial charge in [0.1, 0.15) is 5.58 Å². The van der Waals surface area contributed by atoms with Crippen LogP contribution in [-0.4, -0.2) is 50.1 Å². The number of hydrogen-bond acceptors (Lipinski definition) is 4. The van der Waals surface area contributed by atoms with Crippen molar-refractivity contribution >= 4 is 29.3 Å². The third-order valence-corrected chi connectivity index (χ3v) is 4.28. The van der Waals surface area contributed by atoms with Crippen molar-refractivity contribution in [3.8, 4) is 0 Å². The van der Waals surface area contributed by atoms with Crippen molar-refractivity contribution in [2.24, 2.45) is 0 Å². The lowest BCUT2D eigenvalue weighted by Gasteiger charge is -2.26. The van der Waals surface area contributed by atoms with Gasteiger partial charge in [-0.3, -0.25) is 9.69 Å². The molecule has 6 heteroatoms. The average Bonchev–Trinajstić information content (AvgIpc) is 2.91. The summed E-state index contributed by atoms with van der Waals surface area (Å²) in [6.45, 7) is 9.77. The van der Waals surface area contributed by atoms with Gasteiger partial charge in [0.2, 0.25) is 0 Å². The Labute approximate surface area is 142 Å². The first-order valence-corrected chi connectivity index (χ1v) is 7.85. The topological polar surface area (TPSA) is 57.5 Å². The molecular weight excluding hydrogens is 314 g/mol. The molecule has 2 aromatic rings. The number of halogens is 1. The summed E-state index contributed by atoms with van der Waals surface area (Å²) in [4.78, 5) is 14.5. The third kappa shape index (κ3) is 4.25. The van der Waals surface area contributed by atoms with E-state index in [1.807, 2.05) is 19.1 Å². The fraction of sp³-hybridized carbons (Fsp3) is 0.471. The summed E-state index contributed by atoms with van der Waals surface area (Å²) in [6.07, 6.45) is 0. The van der Waals surface area contributed by atoms with Crippen molar-refractivity contribution in [1.82, 2.24) is 15.5 Å². The second-order valence-corrected chi connectivity index (χ2v) is 5.93. The number of nitrogens with one attached hydrogen (secondary N) is 2. The number of piperazine rings is 1. The van der Waals surface area contributed by atoms with Gasteiger partial charge in [-0.1, -0.05) is 0 Å². The van der Waals surface area contributed by atoms with Gasteiger partial charge in [-0.15, -0.1) is 12.4 Å². The monoisotopic (exact) mass is 337 g/mol. The molecule has 23 heavy (non-hydrogen) atoms. The molecule has 126 valence electrons. The van der Waals surface area contributed by atoms with Crippen LogP contribution < -0.4 is 10.6 Å². The zero-order valence-electron chi connectivity index (χ0n) is 13.6. The SMILES string of the molecule is Cc1cc2cc(C(=O)NCCN3CCNCC3)oc2cc1C.Cl. The van der Waals surface area contributed by atoms with E-state index in [0.29, 0.717) is 12.3 Å². The molecule has 0 bridgehead atoms. The highest BCUT2D eigenvalue weighted by atomic mass is 35.5. The van der Waals surface area contributed by atoms with Gasteiger partial charge in [-0.25, -0.2) is 0 Å². The largest absolute Gasteiger partial charge is 0.451 e. The van der Waals surface area contributed by atoms with E-state index in [1.165, 1.54) is 11.1 Å². The molecule has 1 aromatic carbocycles. The Morgan fingerprint density at radius 2 is 1.91 bits per heavy atom. The molecule has 2 N–H and O–H groups in total. The Hall–Kier alpha value is -1.56. The van der Waals surface area contributed by atoms with Gasteiger partial charge in [0.05, 0.1) is 0 Å². The molecule has 0 saturated carbocycles. The van der Waals surface area contributed by atoms with Crippen LogP contribution in [0.4, 0.5) is 0 Å². The van der Waals surface area contributed by atoms with Crippen LogP contribution in [0.15, 0.2) is 22.6 Å². The van der Waals surface area contributed by atoms with Crippen molar-refractivity contribution in [2.75, 3.05) is 39.3 Å². The maximum absolute atomic E-state index is 12.2. The van der Waals surface area contributed by atoms with Gasteiger partial charge in [-0.05, 0) is 43.2 Å². The van der Waals surface area contributed by atoms with Gasteiger partial charge in [0, 0.05) is 44.7 Å². The number of fused-ring (bicyclic) bond motifs is 1. The number of nitrogens with zero attached hydrogens (tertiary/aromatic N) is 1. The van der Waals surface area contributed by atoms with Gasteiger partial charge >= 0.3 is 0 Å². The van der Waals surface area contributed by atoms with Crippen molar-refractivity contribution in [3.63, 3.8) is 0 Å². The Bertz CT molecular complexity index is 639. The first-order valence-electron chi connectivity index (χ1n) is 7.85. The summed E-state index contributed by atoms with van der Waals surface area (Å²) in [7, 11) is 0. The van der Waals surface area contributed by atoms with Crippen LogP contribution >= 0.6 is 12.4 Å². The summed E-state index contributed by atoms with van der Waals surface area (Å²) >= 11 is 0. The normalized spacial score (nSPS) is 15.4. The highest BCUT2D eigenvalue weighted by Gasteiger charge is 2.14. The Balaban J connectivity index is 0.00000192. The molecular formula is C17H24ClN3O2. The Morgan fingerprint density at radius 1 is 1.22 bits per heavy atom. The van der Waals surface area contributed by atoms with Crippen LogP contribution in [0.5, 0.6) is 0 Å². The molecule has 1 aliphatic heterocycles. The van der Waals surface area contributed by atoms with Crippen molar-refractivity contribution in [3.05, 3.63) is 35.1 Å². The summed E-state index contributed by atoms with van der Waals surface area (Å²) in [6, 6.07) is 5.87. The van der Waals surface area contributed by atoms with Gasteiger partial charge in [-0.2, -0.15) is 0 Å². The zero-order valence-corrected chi connectivity index (χ0v) is 14.5. The molecule has 1 saturated heterocycles. The van der Waals surface area contributed by atoms with Gasteiger partial charge < -0.3 is 15.1 Å². The minimum Gasteiger partial charge on any atom is -0.451 e. The predicted molar refractivity (Wildman–Crippen MR) is 94.6 cm³/mol. The number of furan rings is 1. The molecule has 0 radical (unpaired) electrons. The molecule has 0 spiro atoms. The fourth-order valence-electron chi connectivity index (χ4n) is 2.76. The van der Waals surface area contributed by atoms with Crippen LogP contribution in [0, 0.1) is 13.8 Å². The number of amides is 1. The summed E-state index contributed by atoms with van der Waals surface area (Å²) in [5, 5.41) is 7.24. The van der Waals surface area contributed by atoms with E-state index in [4.69, 9.17) is 4.42 Å². The highest BCUT2D eigenvalue weighted by molar-refractivity contribution is 5.96. The number of benzene rings is 1. The van der Waals surface area contributed by atoms with Crippen LogP contribution in [-0.2, 0) is 0 Å². The van der Waals surface area contributed by atoms with Gasteiger partial charge in [0.25, 0.3) is 5.91 Å². The summed E-state index contributed by atoms with van der Waals surface area (Å²) in [5.41, 5.74) is 3.15. The Kier molecular flexibility index (Phi) is 6.04. The number of hydrogen-bond donors (Lipinski definition) is 2. The van der Waals surface area contributed by atoms with E-state index >= 15 is 0 Å². The second-order valence-electron chi connectivity index (χ2n) is 5.93. The molecule has 1 fully saturated rings. The molecule has 3 rings (SSSR count). The zero-order chi connectivity index (χ0) is 15.5. The lowest BCUT2D eigenvalue weighted by atomic mass is 10.1. The van der Waals surface area contributed by atoms with Crippen molar-refractivity contribution in [2.45, 2.75) is 13.8 Å². The van der Waals surface area contributed by atoms with E-state index < -0.39 is 0 Å². The Morgan fingerprint density at radius 3 is 2.65 bits per heavy atom. The lowest BCUT2D eigenvalue weighted by Crippen LogP contribution is -2.46. The predicted octanol–water partition coefficient (Wildman–Crippen LogP) is 2.11. The van der Waals surface area contributed by atoms with Crippen LogP contribution in [0.3, 0.4) is 0 Å². The maximum atomic E-state index is 12.2. The lowest BCUT2D eigenvalue weighted by molar-refractivity contribution is 0.0922. The molecule has 1 aromatic heterocycles. The molecule has 1 amide bonds. The van der Waals surface area contributed by atoms with E-state index in [2.05, 4.69) is 28.5 Å². The summed E-state index contributed by atoms with van der Waals surface area (Å²) in [5.74, 6) is 0.252. The molecule has 0 atom stereocenters. The summed E-state index contributed by atoms with van der Waals surface area (Å²) < 4.78 is 5.67. The van der Waals surface area contributed by atoms with E-state index in [1.54, 1.807) is 0 Å². The van der Waals surface area contributed by atoms with E-state index in [-0.39, 0.29) is 18.3 Å². The number of rotatable bonds is 4. The van der Waals surface area contributed by atoms with E-state index in [0.717, 1.165) is 43.7 Å². The van der Waals surface area contributed by atoms with Crippen LogP contribution in [0.2, 0.25) is 0 Å². The first kappa shape index (κ1) is 17.8. The molecule has 2 heterocycles. The number of carbonyl (C=O) groups excluding carboxylic acids is 1. The maximum Gasteiger partial charge on any atom is 0.287 e. The van der Waals surface area contributed by atoms with Crippen LogP contribution in [0.25, 0.3) is 11.0 Å². The van der Waals surface area contributed by atoms with Gasteiger partial charge in [0.15, 0.2) is 5.76 Å². The second kappa shape index (κ2) is 7.81. The van der Waals surface area contributed by atoms with Crippen molar-refractivity contribution < 1.29 is 9.21 Å². The molecule has 0 aliphatic carbocycles. The number of carbonyl (C=O) groups is 1. The molecule has 5 nitrogen and oxygen atoms in total. The highest BCUT2D eigenvalue weighted by Crippen LogP contribution is 2.23. The minimum absolute atomic E-state index is 0. The quantitative estimate of drug-likeness (QED) is 0.897. The molecule has 0 unspecified atom stereocenters. The van der Waals surface area contributed by atoms with Crippen LogP contribution in [0.1, 0.15) is 21.7 Å². The minimum atomic E-state index is -0.137. The fourth-order valence-corrected chi connectivity index (χ4v) is 2.76. The smallest absolute Gasteiger partial charge is 0.287 e. The molecule has 1 aliphatic rings. The third-order valence-electron chi connectivity index (χ3n) is 4.28. The standard InChI is InChI=1S/C17H23N3O2.ClH/c1-12-9-14-11-16(22-15(14)10-13(12)2)17(21)19-5-8-20-6-3-18-4-7-20;/h9-11,18H,3-8H2,1-2H3,(H,19,21);1H. The first-order chi connectivity index (χ1) is 10.6. The average molecular weight is 338 g/mol. The van der Waals surface area contributed by atoms with Crippen molar-refractivity contribution in [1.29, 1.82) is 0 Å². The number of aryl methyl sites for hydroxylation is 2.